The van der Waals surface area contributed by atoms with Crippen LogP contribution in [0.3, 0.4) is 0 Å². The zero-order valence-corrected chi connectivity index (χ0v) is 9.84. The predicted octanol–water partition coefficient (Wildman–Crippen LogP) is 2.74. The van der Waals surface area contributed by atoms with Gasteiger partial charge in [-0.25, -0.2) is 0 Å². The maximum absolute atomic E-state index is 11.8. The number of carbonyl (C=O) groups is 1. The van der Waals surface area contributed by atoms with Crippen molar-refractivity contribution in [1.29, 1.82) is 0 Å². The van der Waals surface area contributed by atoms with E-state index in [0.717, 1.165) is 12.0 Å². The second kappa shape index (κ2) is 5.76. The molecule has 0 fully saturated rings. The van der Waals surface area contributed by atoms with E-state index in [1.165, 1.54) is 0 Å². The summed E-state index contributed by atoms with van der Waals surface area (Å²) in [6, 6.07) is 7.58. The maximum atomic E-state index is 11.8. The number of carbonyl (C=O) groups excluding carboxylic acids is 1. The van der Waals surface area contributed by atoms with Crippen molar-refractivity contribution >= 4 is 17.5 Å². The van der Waals surface area contributed by atoms with E-state index in [4.69, 9.17) is 11.6 Å². The van der Waals surface area contributed by atoms with E-state index in [2.05, 4.69) is 5.32 Å². The van der Waals surface area contributed by atoms with Crippen LogP contribution in [-0.4, -0.2) is 17.8 Å². The molecule has 15 heavy (non-hydrogen) atoms. The smallest absolute Gasteiger partial charge is 0.251 e. The standard InChI is InChI=1S/C12H16ClNO/c1-3-11(8-13)14-12(15)10-6-4-5-9(2)7-10/h4-7,11H,3,8H2,1-2H3,(H,14,15). The monoisotopic (exact) mass is 225 g/mol. The number of aryl methyl sites for hydroxylation is 1. The van der Waals surface area contributed by atoms with Crippen LogP contribution in [0.2, 0.25) is 0 Å². The first-order chi connectivity index (χ1) is 7.17. The van der Waals surface area contributed by atoms with Gasteiger partial charge in [-0.3, -0.25) is 4.79 Å². The Kier molecular flexibility index (Phi) is 4.63. The fourth-order valence-electron chi connectivity index (χ4n) is 1.30. The van der Waals surface area contributed by atoms with E-state index in [9.17, 15) is 4.79 Å². The largest absolute Gasteiger partial charge is 0.348 e. The second-order valence-corrected chi connectivity index (χ2v) is 3.91. The highest BCUT2D eigenvalue weighted by Crippen LogP contribution is 2.05. The highest BCUT2D eigenvalue weighted by Gasteiger charge is 2.10. The third-order valence-electron chi connectivity index (χ3n) is 2.29. The van der Waals surface area contributed by atoms with Crippen LogP contribution in [0, 0.1) is 6.92 Å². The van der Waals surface area contributed by atoms with Gasteiger partial charge in [-0.05, 0) is 25.5 Å². The van der Waals surface area contributed by atoms with Crippen molar-refractivity contribution in [2.75, 3.05) is 5.88 Å². The molecule has 1 unspecified atom stereocenters. The molecule has 1 aromatic carbocycles. The van der Waals surface area contributed by atoms with E-state index in [1.54, 1.807) is 0 Å². The lowest BCUT2D eigenvalue weighted by Gasteiger charge is -2.13. The van der Waals surface area contributed by atoms with E-state index in [-0.39, 0.29) is 11.9 Å². The summed E-state index contributed by atoms with van der Waals surface area (Å²) in [5, 5.41) is 2.89. The molecule has 0 heterocycles. The van der Waals surface area contributed by atoms with Gasteiger partial charge in [0.1, 0.15) is 0 Å². The molecule has 0 aliphatic carbocycles. The van der Waals surface area contributed by atoms with Crippen molar-refractivity contribution in [2.24, 2.45) is 0 Å². The number of nitrogens with one attached hydrogen (secondary N) is 1. The summed E-state index contributed by atoms with van der Waals surface area (Å²) in [5.41, 5.74) is 1.78. The van der Waals surface area contributed by atoms with Crippen molar-refractivity contribution in [3.63, 3.8) is 0 Å². The van der Waals surface area contributed by atoms with Crippen LogP contribution in [0.15, 0.2) is 24.3 Å². The summed E-state index contributed by atoms with van der Waals surface area (Å²) >= 11 is 5.72. The van der Waals surface area contributed by atoms with E-state index in [1.807, 2.05) is 38.1 Å². The maximum Gasteiger partial charge on any atom is 0.251 e. The molecule has 1 rings (SSSR count). The lowest BCUT2D eigenvalue weighted by molar-refractivity contribution is 0.0939. The Morgan fingerprint density at radius 3 is 2.80 bits per heavy atom. The quantitative estimate of drug-likeness (QED) is 0.785. The minimum Gasteiger partial charge on any atom is -0.348 e. The van der Waals surface area contributed by atoms with E-state index < -0.39 is 0 Å². The van der Waals surface area contributed by atoms with Gasteiger partial charge in [0.15, 0.2) is 0 Å². The Morgan fingerprint density at radius 1 is 1.53 bits per heavy atom. The van der Waals surface area contributed by atoms with Crippen LogP contribution in [0.5, 0.6) is 0 Å². The number of amides is 1. The van der Waals surface area contributed by atoms with Gasteiger partial charge in [-0.15, -0.1) is 11.6 Å². The average molecular weight is 226 g/mol. The zero-order chi connectivity index (χ0) is 11.3. The number of hydrogen-bond donors (Lipinski definition) is 1. The van der Waals surface area contributed by atoms with Gasteiger partial charge in [-0.2, -0.15) is 0 Å². The fourth-order valence-corrected chi connectivity index (χ4v) is 1.60. The first-order valence-corrected chi connectivity index (χ1v) is 5.64. The Labute approximate surface area is 95.6 Å². The predicted molar refractivity (Wildman–Crippen MR) is 63.4 cm³/mol. The summed E-state index contributed by atoms with van der Waals surface area (Å²) in [6.07, 6.45) is 0.848. The molecule has 0 bridgehead atoms. The van der Waals surface area contributed by atoms with Crippen molar-refractivity contribution in [2.45, 2.75) is 26.3 Å². The third kappa shape index (κ3) is 3.56. The van der Waals surface area contributed by atoms with Crippen LogP contribution in [0.1, 0.15) is 29.3 Å². The van der Waals surface area contributed by atoms with Gasteiger partial charge >= 0.3 is 0 Å². The zero-order valence-electron chi connectivity index (χ0n) is 9.09. The third-order valence-corrected chi connectivity index (χ3v) is 2.67. The lowest BCUT2D eigenvalue weighted by Crippen LogP contribution is -2.35. The van der Waals surface area contributed by atoms with Crippen LogP contribution in [-0.2, 0) is 0 Å². The van der Waals surface area contributed by atoms with Crippen LogP contribution >= 0.6 is 11.6 Å². The van der Waals surface area contributed by atoms with Crippen LogP contribution < -0.4 is 5.32 Å². The minimum absolute atomic E-state index is 0.0498. The summed E-state index contributed by atoms with van der Waals surface area (Å²) in [4.78, 5) is 11.8. The second-order valence-electron chi connectivity index (χ2n) is 3.60. The molecule has 0 aliphatic heterocycles. The Morgan fingerprint density at radius 2 is 2.27 bits per heavy atom. The number of hydrogen-bond acceptors (Lipinski definition) is 1. The normalized spacial score (nSPS) is 12.2. The molecule has 1 atom stereocenters. The molecular formula is C12H16ClNO. The molecule has 2 nitrogen and oxygen atoms in total. The molecule has 0 spiro atoms. The molecule has 0 aromatic heterocycles. The molecule has 1 aromatic rings. The van der Waals surface area contributed by atoms with E-state index >= 15 is 0 Å². The summed E-state index contributed by atoms with van der Waals surface area (Å²) in [6.45, 7) is 3.97. The molecule has 1 amide bonds. The van der Waals surface area contributed by atoms with Crippen LogP contribution in [0.25, 0.3) is 0 Å². The Bertz CT molecular complexity index is 334. The number of benzene rings is 1. The first kappa shape index (κ1) is 12.1. The molecule has 3 heteroatoms. The molecule has 1 N–H and O–H groups in total. The molecule has 0 aliphatic rings. The van der Waals surface area contributed by atoms with Crippen molar-refractivity contribution in [3.05, 3.63) is 35.4 Å². The Balaban J connectivity index is 2.68. The Hall–Kier alpha value is -1.02. The average Bonchev–Trinajstić information content (AvgIpc) is 2.25. The first-order valence-electron chi connectivity index (χ1n) is 5.11. The van der Waals surface area contributed by atoms with Gasteiger partial charge in [0.25, 0.3) is 5.91 Å². The highest BCUT2D eigenvalue weighted by molar-refractivity contribution is 6.18. The number of alkyl halides is 1. The van der Waals surface area contributed by atoms with Gasteiger partial charge in [0.05, 0.1) is 0 Å². The molecular weight excluding hydrogens is 210 g/mol. The van der Waals surface area contributed by atoms with Gasteiger partial charge in [0.2, 0.25) is 0 Å². The lowest BCUT2D eigenvalue weighted by atomic mass is 10.1. The fraction of sp³-hybridized carbons (Fsp3) is 0.417. The number of halogens is 1. The molecule has 0 saturated heterocycles. The number of rotatable bonds is 4. The van der Waals surface area contributed by atoms with Crippen molar-refractivity contribution in [1.82, 2.24) is 5.32 Å². The van der Waals surface area contributed by atoms with Crippen molar-refractivity contribution in [3.8, 4) is 0 Å². The van der Waals surface area contributed by atoms with Gasteiger partial charge in [0, 0.05) is 17.5 Å². The highest BCUT2D eigenvalue weighted by atomic mass is 35.5. The summed E-state index contributed by atoms with van der Waals surface area (Å²) in [5.74, 6) is 0.403. The SMILES string of the molecule is CCC(CCl)NC(=O)c1cccc(C)c1. The topological polar surface area (TPSA) is 29.1 Å². The van der Waals surface area contributed by atoms with Gasteiger partial charge in [-0.1, -0.05) is 24.6 Å². The summed E-state index contributed by atoms with van der Waals surface area (Å²) < 4.78 is 0. The summed E-state index contributed by atoms with van der Waals surface area (Å²) in [7, 11) is 0. The van der Waals surface area contributed by atoms with E-state index in [0.29, 0.717) is 11.4 Å². The van der Waals surface area contributed by atoms with Crippen molar-refractivity contribution < 1.29 is 4.79 Å². The minimum atomic E-state index is -0.0498. The molecule has 0 radical (unpaired) electrons. The van der Waals surface area contributed by atoms with Crippen LogP contribution in [0.4, 0.5) is 0 Å². The molecule has 82 valence electrons. The molecule has 0 saturated carbocycles. The van der Waals surface area contributed by atoms with Gasteiger partial charge < -0.3 is 5.32 Å².